The minimum Gasteiger partial charge on any atom is -0.373 e. The summed E-state index contributed by atoms with van der Waals surface area (Å²) in [7, 11) is 0. The van der Waals surface area contributed by atoms with Gasteiger partial charge in [0.1, 0.15) is 6.04 Å². The summed E-state index contributed by atoms with van der Waals surface area (Å²) in [6, 6.07) is 6.91. The molecule has 4 fully saturated rings. The number of anilines is 1. The number of benzene rings is 1. The van der Waals surface area contributed by atoms with Crippen LogP contribution in [-0.2, 0) is 11.2 Å². The third kappa shape index (κ3) is 4.71. The van der Waals surface area contributed by atoms with E-state index in [-0.39, 0.29) is 18.0 Å². The van der Waals surface area contributed by atoms with E-state index in [9.17, 15) is 4.79 Å². The molecule has 3 heterocycles. The van der Waals surface area contributed by atoms with Crippen molar-refractivity contribution in [1.29, 1.82) is 0 Å². The van der Waals surface area contributed by atoms with E-state index < -0.39 is 0 Å². The molecule has 4 N–H and O–H groups in total. The summed E-state index contributed by atoms with van der Waals surface area (Å²) in [5.74, 6) is 3.08. The van der Waals surface area contributed by atoms with Gasteiger partial charge in [-0.1, -0.05) is 44.4 Å². The lowest BCUT2D eigenvalue weighted by molar-refractivity contribution is -0.123. The summed E-state index contributed by atoms with van der Waals surface area (Å²) in [4.78, 5) is 13.5. The molecule has 1 aromatic carbocycles. The predicted molar refractivity (Wildman–Crippen MR) is 147 cm³/mol. The zero-order chi connectivity index (χ0) is 24.7. The number of carbonyl (C=O) groups excluding carboxylic acids is 1. The highest BCUT2D eigenvalue weighted by molar-refractivity contribution is 5.88. The van der Waals surface area contributed by atoms with Crippen LogP contribution in [0.3, 0.4) is 0 Å². The van der Waals surface area contributed by atoms with Gasteiger partial charge < -0.3 is 21.3 Å². The molecule has 2 saturated carbocycles. The zero-order valence-electron chi connectivity index (χ0n) is 22.6. The molecule has 198 valence electrons. The maximum absolute atomic E-state index is 13.5. The van der Waals surface area contributed by atoms with Crippen LogP contribution in [0.15, 0.2) is 18.2 Å². The van der Waals surface area contributed by atoms with E-state index in [2.05, 4.69) is 53.3 Å². The van der Waals surface area contributed by atoms with Gasteiger partial charge in [0.2, 0.25) is 5.91 Å². The molecule has 3 aliphatic heterocycles. The Balaban J connectivity index is 1.16. The van der Waals surface area contributed by atoms with E-state index >= 15 is 0 Å². The number of hydrogen-bond donors (Lipinski definition) is 4. The number of aryl methyl sites for hydroxylation is 1. The second-order valence-electron chi connectivity index (χ2n) is 13.1. The molecule has 0 bridgehead atoms. The largest absolute Gasteiger partial charge is 0.373 e. The number of carbonyl (C=O) groups is 1. The fraction of sp³-hybridized carbons (Fsp3) is 0.774. The monoisotopic (exact) mass is 492 g/mol. The van der Waals surface area contributed by atoms with Crippen LogP contribution in [0.25, 0.3) is 0 Å². The number of para-hydroxylation sites is 1. The minimum absolute atomic E-state index is 0.143. The first-order valence-electron chi connectivity index (χ1n) is 15.1. The highest BCUT2D eigenvalue weighted by atomic mass is 16.2. The van der Waals surface area contributed by atoms with Crippen LogP contribution in [0.4, 0.5) is 5.69 Å². The van der Waals surface area contributed by atoms with Crippen molar-refractivity contribution in [1.82, 2.24) is 16.0 Å². The average molecular weight is 493 g/mol. The molecular weight excluding hydrogens is 444 g/mol. The van der Waals surface area contributed by atoms with Crippen LogP contribution in [0.1, 0.15) is 82.3 Å². The normalized spacial score (nSPS) is 36.1. The summed E-state index contributed by atoms with van der Waals surface area (Å²) in [6.07, 6.45) is 14.5. The van der Waals surface area contributed by atoms with Crippen LogP contribution in [0, 0.1) is 36.0 Å². The smallest absolute Gasteiger partial charge is 0.243 e. The summed E-state index contributed by atoms with van der Waals surface area (Å²) < 4.78 is 0. The average Bonchev–Trinajstić information content (AvgIpc) is 3.66. The van der Waals surface area contributed by atoms with E-state index in [1.165, 1.54) is 94.1 Å². The number of rotatable bonds is 6. The molecule has 6 atom stereocenters. The maximum Gasteiger partial charge on any atom is 0.243 e. The van der Waals surface area contributed by atoms with Gasteiger partial charge in [0, 0.05) is 30.7 Å². The van der Waals surface area contributed by atoms with Crippen molar-refractivity contribution < 1.29 is 4.79 Å². The van der Waals surface area contributed by atoms with Gasteiger partial charge in [-0.15, -0.1) is 0 Å². The molecule has 5 aliphatic rings. The molecule has 0 aromatic heterocycles. The first-order valence-corrected chi connectivity index (χ1v) is 15.1. The fourth-order valence-electron chi connectivity index (χ4n) is 8.69. The van der Waals surface area contributed by atoms with Gasteiger partial charge in [-0.25, -0.2) is 0 Å². The Morgan fingerprint density at radius 3 is 2.56 bits per heavy atom. The molecule has 0 spiro atoms. The van der Waals surface area contributed by atoms with Crippen LogP contribution in [-0.4, -0.2) is 43.7 Å². The van der Waals surface area contributed by atoms with Gasteiger partial charge in [-0.05, 0) is 105 Å². The Morgan fingerprint density at radius 1 is 1.06 bits per heavy atom. The molecule has 5 heteroatoms. The van der Waals surface area contributed by atoms with Gasteiger partial charge >= 0.3 is 0 Å². The summed E-state index contributed by atoms with van der Waals surface area (Å²) in [6.45, 7) is 8.15. The van der Waals surface area contributed by atoms with Crippen molar-refractivity contribution in [3.8, 4) is 0 Å². The lowest BCUT2D eigenvalue weighted by Crippen LogP contribution is -2.64. The summed E-state index contributed by atoms with van der Waals surface area (Å²) in [5.41, 5.74) is 4.11. The number of amides is 1. The summed E-state index contributed by atoms with van der Waals surface area (Å²) >= 11 is 0. The SMILES string of the molecule is Cc1cccc2c1NC(C(=O)NC(C1CC1)C1NCC(C3CCCCC3)(C3CCCNC3)CC1C)C2. The van der Waals surface area contributed by atoms with Crippen molar-refractivity contribution in [2.45, 2.75) is 103 Å². The fourth-order valence-corrected chi connectivity index (χ4v) is 8.69. The minimum atomic E-state index is -0.143. The second kappa shape index (κ2) is 10.3. The van der Waals surface area contributed by atoms with Crippen LogP contribution in [0.2, 0.25) is 0 Å². The standard InChI is InChI=1S/C31H48N4O/c1-20-8-6-9-23-16-26(34-27(20)23)30(36)35-29(22-13-14-22)28-21(2)17-31(19-33-28,24-10-4-3-5-11-24)25-12-7-15-32-18-25/h6,8-9,21-22,24-26,28-29,32-34H,3-5,7,10-19H2,1-2H3,(H,35,36). The topological polar surface area (TPSA) is 65.2 Å². The van der Waals surface area contributed by atoms with E-state index in [1.807, 2.05) is 0 Å². The molecule has 6 unspecified atom stereocenters. The molecule has 2 aliphatic carbocycles. The summed E-state index contributed by atoms with van der Waals surface area (Å²) in [5, 5.41) is 15.0. The quantitative estimate of drug-likeness (QED) is 0.461. The lowest BCUT2D eigenvalue weighted by Gasteiger charge is -2.56. The first kappa shape index (κ1) is 24.7. The molecule has 1 aromatic rings. The van der Waals surface area contributed by atoms with E-state index in [0.29, 0.717) is 23.3 Å². The number of nitrogens with one attached hydrogen (secondary N) is 4. The maximum atomic E-state index is 13.5. The highest BCUT2D eigenvalue weighted by Crippen LogP contribution is 2.52. The van der Waals surface area contributed by atoms with Crippen molar-refractivity contribution >= 4 is 11.6 Å². The Bertz CT molecular complexity index is 913. The Hall–Kier alpha value is -1.59. The van der Waals surface area contributed by atoms with Crippen molar-refractivity contribution in [3.05, 3.63) is 29.3 Å². The molecule has 0 radical (unpaired) electrons. The number of piperidine rings is 2. The lowest BCUT2D eigenvalue weighted by atomic mass is 9.55. The van der Waals surface area contributed by atoms with E-state index in [4.69, 9.17) is 0 Å². The van der Waals surface area contributed by atoms with Crippen LogP contribution >= 0.6 is 0 Å². The Morgan fingerprint density at radius 2 is 1.86 bits per heavy atom. The molecule has 6 rings (SSSR count). The number of fused-ring (bicyclic) bond motifs is 1. The third-order valence-corrected chi connectivity index (χ3v) is 10.8. The van der Waals surface area contributed by atoms with Gasteiger partial charge in [-0.2, -0.15) is 0 Å². The Kier molecular flexibility index (Phi) is 7.07. The molecule has 2 saturated heterocycles. The van der Waals surface area contributed by atoms with Crippen molar-refractivity contribution in [3.63, 3.8) is 0 Å². The first-order chi connectivity index (χ1) is 17.5. The highest BCUT2D eigenvalue weighted by Gasteiger charge is 2.52. The van der Waals surface area contributed by atoms with Gasteiger partial charge in [-0.3, -0.25) is 4.79 Å². The van der Waals surface area contributed by atoms with Crippen LogP contribution in [0.5, 0.6) is 0 Å². The van der Waals surface area contributed by atoms with Crippen molar-refractivity contribution in [2.24, 2.45) is 29.1 Å². The van der Waals surface area contributed by atoms with E-state index in [1.54, 1.807) is 0 Å². The van der Waals surface area contributed by atoms with Gasteiger partial charge in [0.15, 0.2) is 0 Å². The van der Waals surface area contributed by atoms with Gasteiger partial charge in [0.05, 0.1) is 0 Å². The predicted octanol–water partition coefficient (Wildman–Crippen LogP) is 4.79. The van der Waals surface area contributed by atoms with E-state index in [0.717, 1.165) is 24.8 Å². The molecular formula is C31H48N4O. The second-order valence-corrected chi connectivity index (χ2v) is 13.1. The Labute approximate surface area is 218 Å². The molecule has 1 amide bonds. The molecule has 36 heavy (non-hydrogen) atoms. The number of hydrogen-bond acceptors (Lipinski definition) is 4. The third-order valence-electron chi connectivity index (χ3n) is 10.8. The van der Waals surface area contributed by atoms with Gasteiger partial charge in [0.25, 0.3) is 0 Å². The van der Waals surface area contributed by atoms with Crippen LogP contribution < -0.4 is 21.3 Å². The molecule has 5 nitrogen and oxygen atoms in total. The van der Waals surface area contributed by atoms with Crippen molar-refractivity contribution in [2.75, 3.05) is 25.0 Å². The zero-order valence-corrected chi connectivity index (χ0v) is 22.6.